The average Bonchev–Trinajstić information content (AvgIpc) is 3.00. The second-order valence-electron chi connectivity index (χ2n) is 5.04. The molecule has 1 aromatic carbocycles. The molecule has 0 bridgehead atoms. The monoisotopic (exact) mass is 296 g/mol. The summed E-state index contributed by atoms with van der Waals surface area (Å²) in [6, 6.07) is 3.06. The summed E-state index contributed by atoms with van der Waals surface area (Å²) in [6.07, 6.45) is 0.216. The molecule has 0 aromatic heterocycles. The standard InChI is InChI=1S/C12H12N2O5S/c15-11-12(14-5-13-11)1-2-20(16,17)10-4-9-8(3-7(10)12)18-6-19-9/h3-4,14H,1-2,5-6H2,(H,13,15). The molecular weight excluding hydrogens is 284 g/mol. The molecular formula is C12H12N2O5S. The average molecular weight is 296 g/mol. The second-order valence-corrected chi connectivity index (χ2v) is 7.11. The van der Waals surface area contributed by atoms with Crippen LogP contribution in [0.3, 0.4) is 0 Å². The van der Waals surface area contributed by atoms with Gasteiger partial charge < -0.3 is 14.8 Å². The quantitative estimate of drug-likeness (QED) is 0.668. The first kappa shape index (κ1) is 12.0. The van der Waals surface area contributed by atoms with Gasteiger partial charge in [-0.25, -0.2) is 8.42 Å². The Morgan fingerprint density at radius 2 is 1.95 bits per heavy atom. The zero-order valence-electron chi connectivity index (χ0n) is 10.4. The van der Waals surface area contributed by atoms with Crippen molar-refractivity contribution in [3.8, 4) is 11.5 Å². The number of carbonyl (C=O) groups excluding carboxylic acids is 1. The molecule has 20 heavy (non-hydrogen) atoms. The van der Waals surface area contributed by atoms with Crippen molar-refractivity contribution in [3.63, 3.8) is 0 Å². The number of fused-ring (bicyclic) bond motifs is 3. The Balaban J connectivity index is 2.02. The van der Waals surface area contributed by atoms with E-state index in [-0.39, 0.29) is 29.8 Å². The smallest absolute Gasteiger partial charge is 0.246 e. The maximum atomic E-state index is 12.3. The number of carbonyl (C=O) groups is 1. The fourth-order valence-corrected chi connectivity index (χ4v) is 4.62. The molecule has 7 nitrogen and oxygen atoms in total. The third-order valence-corrected chi connectivity index (χ3v) is 5.79. The first-order valence-corrected chi connectivity index (χ1v) is 7.88. The maximum absolute atomic E-state index is 12.3. The normalized spacial score (nSPS) is 29.3. The molecule has 0 radical (unpaired) electrons. The first-order chi connectivity index (χ1) is 9.53. The predicted molar refractivity (Wildman–Crippen MR) is 67.1 cm³/mol. The summed E-state index contributed by atoms with van der Waals surface area (Å²) in [6.45, 7) is 0.387. The minimum Gasteiger partial charge on any atom is -0.454 e. The zero-order valence-corrected chi connectivity index (χ0v) is 11.2. The lowest BCUT2D eigenvalue weighted by atomic mass is 9.86. The van der Waals surface area contributed by atoms with Crippen molar-refractivity contribution >= 4 is 15.7 Å². The van der Waals surface area contributed by atoms with Crippen molar-refractivity contribution in [2.24, 2.45) is 0 Å². The highest BCUT2D eigenvalue weighted by Gasteiger charge is 2.50. The Kier molecular flexibility index (Phi) is 2.18. The van der Waals surface area contributed by atoms with E-state index >= 15 is 0 Å². The van der Waals surface area contributed by atoms with Gasteiger partial charge in [-0.15, -0.1) is 0 Å². The lowest BCUT2D eigenvalue weighted by Gasteiger charge is -2.33. The molecule has 1 spiro atoms. The molecule has 106 valence electrons. The van der Waals surface area contributed by atoms with Crippen molar-refractivity contribution in [1.29, 1.82) is 0 Å². The third kappa shape index (κ3) is 1.37. The van der Waals surface area contributed by atoms with Gasteiger partial charge in [-0.2, -0.15) is 0 Å². The minimum atomic E-state index is -3.41. The van der Waals surface area contributed by atoms with E-state index in [0.717, 1.165) is 0 Å². The van der Waals surface area contributed by atoms with Gasteiger partial charge in [0.2, 0.25) is 12.7 Å². The summed E-state index contributed by atoms with van der Waals surface area (Å²) in [5.41, 5.74) is -0.537. The van der Waals surface area contributed by atoms with Crippen molar-refractivity contribution in [2.45, 2.75) is 16.9 Å². The molecule has 0 saturated carbocycles. The number of amides is 1. The van der Waals surface area contributed by atoms with Crippen LogP contribution in [-0.4, -0.2) is 33.5 Å². The fourth-order valence-electron chi connectivity index (χ4n) is 2.97. The zero-order chi connectivity index (χ0) is 14.0. The molecule has 2 N–H and O–H groups in total. The van der Waals surface area contributed by atoms with Crippen LogP contribution in [0.15, 0.2) is 17.0 Å². The molecule has 0 aliphatic carbocycles. The van der Waals surface area contributed by atoms with Gasteiger partial charge >= 0.3 is 0 Å². The molecule has 1 aromatic rings. The van der Waals surface area contributed by atoms with Crippen LogP contribution >= 0.6 is 0 Å². The number of hydrogen-bond donors (Lipinski definition) is 2. The molecule has 1 atom stereocenters. The van der Waals surface area contributed by atoms with E-state index in [1.165, 1.54) is 6.07 Å². The van der Waals surface area contributed by atoms with E-state index in [1.807, 2.05) is 0 Å². The Morgan fingerprint density at radius 3 is 2.65 bits per heavy atom. The topological polar surface area (TPSA) is 93.7 Å². The van der Waals surface area contributed by atoms with Crippen LogP contribution in [-0.2, 0) is 20.2 Å². The Morgan fingerprint density at radius 1 is 1.20 bits per heavy atom. The van der Waals surface area contributed by atoms with E-state index in [4.69, 9.17) is 9.47 Å². The van der Waals surface area contributed by atoms with Crippen LogP contribution < -0.4 is 20.1 Å². The molecule has 8 heteroatoms. The number of nitrogens with one attached hydrogen (secondary N) is 2. The van der Waals surface area contributed by atoms with Crippen LogP contribution in [0.5, 0.6) is 11.5 Å². The van der Waals surface area contributed by atoms with Gasteiger partial charge in [0, 0.05) is 11.6 Å². The summed E-state index contributed by atoms with van der Waals surface area (Å²) < 4.78 is 35.0. The van der Waals surface area contributed by atoms with E-state index in [0.29, 0.717) is 23.7 Å². The number of benzene rings is 1. The van der Waals surface area contributed by atoms with Gasteiger partial charge in [0.25, 0.3) is 0 Å². The fraction of sp³-hybridized carbons (Fsp3) is 0.417. The van der Waals surface area contributed by atoms with Gasteiger partial charge in [-0.05, 0) is 12.5 Å². The van der Waals surface area contributed by atoms with Crippen LogP contribution in [0.25, 0.3) is 0 Å². The van der Waals surface area contributed by atoms with Crippen LogP contribution in [0, 0.1) is 0 Å². The van der Waals surface area contributed by atoms with Gasteiger partial charge in [-0.3, -0.25) is 10.1 Å². The highest BCUT2D eigenvalue weighted by molar-refractivity contribution is 7.91. The summed E-state index contributed by atoms with van der Waals surface area (Å²) in [5.74, 6) is 0.608. The molecule has 1 unspecified atom stereocenters. The van der Waals surface area contributed by atoms with E-state index in [2.05, 4.69) is 10.6 Å². The Labute approximate surface area is 115 Å². The lowest BCUT2D eigenvalue weighted by molar-refractivity contribution is -0.124. The second kappa shape index (κ2) is 3.64. The van der Waals surface area contributed by atoms with Crippen LogP contribution in [0.1, 0.15) is 12.0 Å². The van der Waals surface area contributed by atoms with E-state index < -0.39 is 15.4 Å². The van der Waals surface area contributed by atoms with Crippen molar-refractivity contribution < 1.29 is 22.7 Å². The molecule has 3 aliphatic heterocycles. The van der Waals surface area contributed by atoms with Crippen molar-refractivity contribution in [3.05, 3.63) is 17.7 Å². The molecule has 3 aliphatic rings. The number of rotatable bonds is 0. The largest absolute Gasteiger partial charge is 0.454 e. The Hall–Kier alpha value is -1.80. The lowest BCUT2D eigenvalue weighted by Crippen LogP contribution is -2.48. The molecule has 3 heterocycles. The van der Waals surface area contributed by atoms with Gasteiger partial charge in [0.05, 0.1) is 17.3 Å². The minimum absolute atomic E-state index is 0.0604. The number of ether oxygens (including phenoxy) is 2. The predicted octanol–water partition coefficient (Wildman–Crippen LogP) is -0.535. The van der Waals surface area contributed by atoms with Gasteiger partial charge in [0.1, 0.15) is 5.54 Å². The van der Waals surface area contributed by atoms with E-state index in [1.54, 1.807) is 6.07 Å². The van der Waals surface area contributed by atoms with Crippen LogP contribution in [0.2, 0.25) is 0 Å². The molecule has 1 fully saturated rings. The Bertz CT molecular complexity index is 730. The summed E-state index contributed by atoms with van der Waals surface area (Å²) in [7, 11) is -3.41. The summed E-state index contributed by atoms with van der Waals surface area (Å²) in [4.78, 5) is 12.3. The molecule has 1 amide bonds. The number of hydrogen-bond acceptors (Lipinski definition) is 6. The van der Waals surface area contributed by atoms with Crippen molar-refractivity contribution in [2.75, 3.05) is 19.2 Å². The SMILES string of the molecule is O=C1NCNC12CCS(=O)(=O)c1cc3c(cc12)OCO3. The number of sulfone groups is 1. The van der Waals surface area contributed by atoms with Gasteiger partial charge in [0.15, 0.2) is 21.3 Å². The van der Waals surface area contributed by atoms with E-state index in [9.17, 15) is 13.2 Å². The maximum Gasteiger partial charge on any atom is 0.246 e. The third-order valence-electron chi connectivity index (χ3n) is 4.04. The first-order valence-electron chi connectivity index (χ1n) is 6.23. The van der Waals surface area contributed by atoms with Gasteiger partial charge in [-0.1, -0.05) is 0 Å². The summed E-state index contributed by atoms with van der Waals surface area (Å²) in [5, 5.41) is 5.78. The molecule has 1 saturated heterocycles. The highest BCUT2D eigenvalue weighted by Crippen LogP contribution is 2.45. The van der Waals surface area contributed by atoms with Crippen molar-refractivity contribution in [1.82, 2.24) is 10.6 Å². The van der Waals surface area contributed by atoms with Crippen LogP contribution in [0.4, 0.5) is 0 Å². The highest BCUT2D eigenvalue weighted by atomic mass is 32.2. The summed E-state index contributed by atoms with van der Waals surface area (Å²) >= 11 is 0. The molecule has 4 rings (SSSR count).